The highest BCUT2D eigenvalue weighted by atomic mass is 32.2. The molecule has 0 aromatic heterocycles. The molecule has 40 heavy (non-hydrogen) atoms. The first kappa shape index (κ1) is 31.0. The van der Waals surface area contributed by atoms with Crippen LogP contribution in [0.4, 0.5) is 0 Å². The Bertz CT molecular complexity index is 1330. The Hall–Kier alpha value is -3.49. The van der Waals surface area contributed by atoms with Crippen molar-refractivity contribution in [2.24, 2.45) is 5.92 Å². The van der Waals surface area contributed by atoms with E-state index in [1.165, 1.54) is 11.4 Å². The molecule has 7 nitrogen and oxygen atoms in total. The number of aryl methyl sites for hydroxylation is 1. The largest absolute Gasteiger partial charge is 0.354 e. The number of carbonyl (C=O) groups excluding carboxylic acids is 2. The van der Waals surface area contributed by atoms with E-state index in [0.717, 1.165) is 16.7 Å². The summed E-state index contributed by atoms with van der Waals surface area (Å²) in [6.07, 6.45) is 0.825. The quantitative estimate of drug-likeness (QED) is 0.305. The number of sulfonamides is 1. The molecule has 214 valence electrons. The van der Waals surface area contributed by atoms with Crippen LogP contribution in [0.3, 0.4) is 0 Å². The molecule has 3 rings (SSSR count). The highest BCUT2D eigenvalue weighted by Crippen LogP contribution is 2.18. The number of nitrogens with zero attached hydrogens (tertiary/aromatic N) is 2. The number of amides is 2. The number of hydrogen-bond donors (Lipinski definition) is 1. The van der Waals surface area contributed by atoms with Crippen molar-refractivity contribution in [2.75, 3.05) is 20.1 Å². The van der Waals surface area contributed by atoms with Crippen LogP contribution in [-0.4, -0.2) is 55.6 Å². The van der Waals surface area contributed by atoms with Gasteiger partial charge in [-0.05, 0) is 42.5 Å². The average Bonchev–Trinajstić information content (AvgIpc) is 2.95. The summed E-state index contributed by atoms with van der Waals surface area (Å²) in [5.74, 6) is -0.113. The molecule has 0 spiro atoms. The van der Waals surface area contributed by atoms with Crippen molar-refractivity contribution in [3.63, 3.8) is 0 Å². The summed E-state index contributed by atoms with van der Waals surface area (Å²) >= 11 is 0. The number of hydrogen-bond acceptors (Lipinski definition) is 4. The molecule has 0 fully saturated rings. The molecule has 8 heteroatoms. The van der Waals surface area contributed by atoms with Crippen molar-refractivity contribution in [3.05, 3.63) is 102 Å². The first-order chi connectivity index (χ1) is 19.1. The normalized spacial score (nSPS) is 12.3. The van der Waals surface area contributed by atoms with Crippen LogP contribution in [0.1, 0.15) is 43.4 Å². The van der Waals surface area contributed by atoms with Gasteiger partial charge in [0.2, 0.25) is 21.8 Å². The van der Waals surface area contributed by atoms with E-state index in [0.29, 0.717) is 19.4 Å². The Labute approximate surface area is 239 Å². The third kappa shape index (κ3) is 9.03. The Balaban J connectivity index is 1.81. The Morgan fingerprint density at radius 2 is 1.45 bits per heavy atom. The molecule has 0 radical (unpaired) electrons. The van der Waals surface area contributed by atoms with Gasteiger partial charge in [0.15, 0.2) is 0 Å². The van der Waals surface area contributed by atoms with Gasteiger partial charge in [-0.3, -0.25) is 9.59 Å². The second kappa shape index (κ2) is 14.8. The highest BCUT2D eigenvalue weighted by molar-refractivity contribution is 7.89. The van der Waals surface area contributed by atoms with Gasteiger partial charge in [-0.1, -0.05) is 92.2 Å². The topological polar surface area (TPSA) is 86.8 Å². The van der Waals surface area contributed by atoms with Gasteiger partial charge < -0.3 is 10.2 Å². The third-order valence-corrected chi connectivity index (χ3v) is 8.62. The molecule has 0 bridgehead atoms. The summed E-state index contributed by atoms with van der Waals surface area (Å²) in [6.45, 7) is 7.04. The maximum Gasteiger partial charge on any atom is 0.243 e. The van der Waals surface area contributed by atoms with Gasteiger partial charge in [0.1, 0.15) is 6.04 Å². The number of nitrogens with one attached hydrogen (secondary N) is 1. The minimum absolute atomic E-state index is 0.114. The van der Waals surface area contributed by atoms with E-state index in [9.17, 15) is 18.0 Å². The maximum atomic E-state index is 13.8. The zero-order valence-electron chi connectivity index (χ0n) is 23.9. The molecule has 0 aliphatic rings. The van der Waals surface area contributed by atoms with Crippen molar-refractivity contribution >= 4 is 21.8 Å². The predicted octanol–water partition coefficient (Wildman–Crippen LogP) is 4.81. The molecule has 0 heterocycles. The lowest BCUT2D eigenvalue weighted by Crippen LogP contribution is -2.51. The smallest absolute Gasteiger partial charge is 0.243 e. The van der Waals surface area contributed by atoms with Gasteiger partial charge in [0.25, 0.3) is 0 Å². The molecule has 2 amide bonds. The van der Waals surface area contributed by atoms with Crippen molar-refractivity contribution in [1.82, 2.24) is 14.5 Å². The number of benzene rings is 3. The van der Waals surface area contributed by atoms with Crippen LogP contribution in [-0.2, 0) is 32.6 Å². The molecular formula is C32H41N3O4S. The van der Waals surface area contributed by atoms with E-state index in [1.807, 2.05) is 75.4 Å². The van der Waals surface area contributed by atoms with Crippen molar-refractivity contribution in [1.29, 1.82) is 0 Å². The Kier molecular flexibility index (Phi) is 11.5. The minimum Gasteiger partial charge on any atom is -0.354 e. The van der Waals surface area contributed by atoms with Crippen LogP contribution >= 0.6 is 0 Å². The Morgan fingerprint density at radius 3 is 2.05 bits per heavy atom. The van der Waals surface area contributed by atoms with Crippen LogP contribution in [0.15, 0.2) is 89.8 Å². The molecule has 0 saturated heterocycles. The first-order valence-electron chi connectivity index (χ1n) is 13.8. The fraction of sp³-hybridized carbons (Fsp3) is 0.375. The standard InChI is InChI=1S/C32H41N3O4S/c1-25(2)23-33-32(37)30(22-27-12-7-5-8-13-27)35(24-28-19-17-26(3)18-20-28)31(36)16-11-21-34(4)40(38,39)29-14-9-6-10-15-29/h5-10,12-15,17-20,25,30H,11,16,21-24H2,1-4H3,(H,33,37)/t30-/m1/s1. The SMILES string of the molecule is Cc1ccc(CN(C(=O)CCCN(C)S(=O)(=O)c2ccccc2)[C@H](Cc2ccccc2)C(=O)NCC(C)C)cc1. The summed E-state index contributed by atoms with van der Waals surface area (Å²) in [5, 5.41) is 3.02. The van der Waals surface area contributed by atoms with Crippen molar-refractivity contribution in [3.8, 4) is 0 Å². The van der Waals surface area contributed by atoms with Gasteiger partial charge in [-0.15, -0.1) is 0 Å². The van der Waals surface area contributed by atoms with Crippen LogP contribution in [0.25, 0.3) is 0 Å². The number of carbonyl (C=O) groups is 2. The first-order valence-corrected chi connectivity index (χ1v) is 15.2. The van der Waals surface area contributed by atoms with Gasteiger partial charge >= 0.3 is 0 Å². The summed E-state index contributed by atoms with van der Waals surface area (Å²) in [6, 6.07) is 25.2. The zero-order chi connectivity index (χ0) is 29.1. The van der Waals surface area contributed by atoms with E-state index in [4.69, 9.17) is 0 Å². The van der Waals surface area contributed by atoms with Gasteiger partial charge in [-0.25, -0.2) is 12.7 Å². The van der Waals surface area contributed by atoms with Gasteiger partial charge in [0.05, 0.1) is 4.90 Å². The second-order valence-electron chi connectivity index (χ2n) is 10.6. The third-order valence-electron chi connectivity index (χ3n) is 6.74. The molecule has 0 aliphatic carbocycles. The summed E-state index contributed by atoms with van der Waals surface area (Å²) in [7, 11) is -2.13. The summed E-state index contributed by atoms with van der Waals surface area (Å²) in [5.41, 5.74) is 3.00. The highest BCUT2D eigenvalue weighted by Gasteiger charge is 2.30. The fourth-order valence-corrected chi connectivity index (χ4v) is 5.59. The zero-order valence-corrected chi connectivity index (χ0v) is 24.7. The van der Waals surface area contributed by atoms with E-state index < -0.39 is 16.1 Å². The predicted molar refractivity (Wildman–Crippen MR) is 159 cm³/mol. The lowest BCUT2D eigenvalue weighted by molar-refractivity contribution is -0.141. The molecule has 3 aromatic carbocycles. The van der Waals surface area contributed by atoms with Crippen molar-refractivity contribution in [2.45, 2.75) is 57.5 Å². The van der Waals surface area contributed by atoms with E-state index in [2.05, 4.69) is 5.32 Å². The van der Waals surface area contributed by atoms with Crippen LogP contribution < -0.4 is 5.32 Å². The maximum absolute atomic E-state index is 13.8. The minimum atomic E-state index is -3.65. The lowest BCUT2D eigenvalue weighted by atomic mass is 10.0. The molecule has 0 saturated carbocycles. The monoisotopic (exact) mass is 563 g/mol. The molecule has 3 aromatic rings. The van der Waals surface area contributed by atoms with E-state index in [1.54, 1.807) is 35.2 Å². The number of rotatable bonds is 14. The second-order valence-corrected chi connectivity index (χ2v) is 12.6. The van der Waals surface area contributed by atoms with Crippen molar-refractivity contribution < 1.29 is 18.0 Å². The molecular weight excluding hydrogens is 522 g/mol. The molecule has 1 N–H and O–H groups in total. The molecule has 1 atom stereocenters. The molecule has 0 unspecified atom stereocenters. The summed E-state index contributed by atoms with van der Waals surface area (Å²) in [4.78, 5) is 29.2. The van der Waals surface area contributed by atoms with Crippen LogP contribution in [0, 0.1) is 12.8 Å². The van der Waals surface area contributed by atoms with Crippen LogP contribution in [0.2, 0.25) is 0 Å². The average molecular weight is 564 g/mol. The van der Waals surface area contributed by atoms with E-state index >= 15 is 0 Å². The van der Waals surface area contributed by atoms with Gasteiger partial charge in [-0.2, -0.15) is 0 Å². The lowest BCUT2D eigenvalue weighted by Gasteiger charge is -2.32. The van der Waals surface area contributed by atoms with E-state index in [-0.39, 0.29) is 42.1 Å². The van der Waals surface area contributed by atoms with Crippen LogP contribution in [0.5, 0.6) is 0 Å². The summed E-state index contributed by atoms with van der Waals surface area (Å²) < 4.78 is 27.1. The molecule has 0 aliphatic heterocycles. The van der Waals surface area contributed by atoms with Gasteiger partial charge in [0, 0.05) is 39.5 Å². The Morgan fingerprint density at radius 1 is 0.850 bits per heavy atom. The fourth-order valence-electron chi connectivity index (χ4n) is 4.36.